The number of hydrogen-bond acceptors (Lipinski definition) is 6. The van der Waals surface area contributed by atoms with Crippen LogP contribution in [0.4, 0.5) is 5.69 Å². The number of ketones is 1. The number of rotatable bonds is 5. The summed E-state index contributed by atoms with van der Waals surface area (Å²) in [5, 5.41) is 0. The minimum Gasteiger partial charge on any atom is -0.497 e. The molecule has 1 atom stereocenters. The highest BCUT2D eigenvalue weighted by molar-refractivity contribution is 7.92. The second kappa shape index (κ2) is 8.24. The van der Waals surface area contributed by atoms with E-state index in [1.54, 1.807) is 25.1 Å². The maximum Gasteiger partial charge on any atom is 0.316 e. The maximum absolute atomic E-state index is 13.3. The molecule has 2 aromatic rings. The molecule has 8 heteroatoms. The predicted molar refractivity (Wildman–Crippen MR) is 108 cm³/mol. The van der Waals surface area contributed by atoms with Gasteiger partial charge in [-0.25, -0.2) is 8.42 Å². The van der Waals surface area contributed by atoms with Gasteiger partial charge in [-0.2, -0.15) is 0 Å². The van der Waals surface area contributed by atoms with Gasteiger partial charge in [0.25, 0.3) is 10.0 Å². The monoisotopic (exact) mass is 417 g/mol. The maximum atomic E-state index is 13.3. The fourth-order valence-corrected chi connectivity index (χ4v) is 4.80. The van der Waals surface area contributed by atoms with Crippen molar-refractivity contribution in [2.75, 3.05) is 24.6 Å². The van der Waals surface area contributed by atoms with Gasteiger partial charge in [-0.15, -0.1) is 0 Å². The third-order valence-corrected chi connectivity index (χ3v) is 6.68. The fourth-order valence-electron chi connectivity index (χ4n) is 3.30. The van der Waals surface area contributed by atoms with Crippen molar-refractivity contribution in [1.29, 1.82) is 0 Å². The fraction of sp³-hybridized carbons (Fsp3) is 0.333. The number of sulfonamides is 1. The van der Waals surface area contributed by atoms with E-state index in [0.29, 0.717) is 5.75 Å². The molecule has 0 spiro atoms. The largest absolute Gasteiger partial charge is 0.497 e. The Bertz CT molecular complexity index is 1030. The van der Waals surface area contributed by atoms with Gasteiger partial charge < -0.3 is 9.47 Å². The molecule has 0 bridgehead atoms. The molecular formula is C21H23NO6S. The van der Waals surface area contributed by atoms with Gasteiger partial charge in [-0.05, 0) is 50.6 Å². The lowest BCUT2D eigenvalue weighted by atomic mass is 9.95. The molecule has 0 N–H and O–H groups in total. The van der Waals surface area contributed by atoms with Crippen LogP contribution in [0.5, 0.6) is 5.75 Å². The summed E-state index contributed by atoms with van der Waals surface area (Å²) in [6.45, 7) is 3.64. The summed E-state index contributed by atoms with van der Waals surface area (Å²) in [5.74, 6) is -1.80. The Morgan fingerprint density at radius 3 is 2.48 bits per heavy atom. The molecule has 2 aromatic carbocycles. The van der Waals surface area contributed by atoms with Crippen LogP contribution >= 0.6 is 0 Å². The predicted octanol–water partition coefficient (Wildman–Crippen LogP) is 2.96. The molecule has 0 saturated carbocycles. The Balaban J connectivity index is 2.13. The number of carbonyl (C=O) groups is 2. The van der Waals surface area contributed by atoms with E-state index in [9.17, 15) is 18.0 Å². The van der Waals surface area contributed by atoms with Gasteiger partial charge in [0.15, 0.2) is 5.78 Å². The third kappa shape index (κ3) is 3.98. The van der Waals surface area contributed by atoms with Crippen LogP contribution in [0.1, 0.15) is 29.3 Å². The van der Waals surface area contributed by atoms with E-state index in [0.717, 1.165) is 5.56 Å². The molecule has 7 nitrogen and oxygen atoms in total. The number of benzene rings is 2. The lowest BCUT2D eigenvalue weighted by Gasteiger charge is -2.24. The molecule has 0 amide bonds. The van der Waals surface area contributed by atoms with Gasteiger partial charge >= 0.3 is 5.97 Å². The molecular weight excluding hydrogens is 394 g/mol. The van der Waals surface area contributed by atoms with Crippen LogP contribution in [0.15, 0.2) is 47.4 Å². The highest BCUT2D eigenvalue weighted by atomic mass is 32.2. The summed E-state index contributed by atoms with van der Waals surface area (Å²) in [6.07, 6.45) is 0.0275. The number of hydrogen-bond donors (Lipinski definition) is 0. The summed E-state index contributed by atoms with van der Waals surface area (Å²) >= 11 is 0. The second-order valence-corrected chi connectivity index (χ2v) is 8.59. The molecule has 154 valence electrons. The number of aryl methyl sites for hydroxylation is 1. The van der Waals surface area contributed by atoms with Crippen LogP contribution in [0, 0.1) is 12.8 Å². The number of anilines is 1. The van der Waals surface area contributed by atoms with Crippen LogP contribution in [-0.2, 0) is 19.6 Å². The van der Waals surface area contributed by atoms with Crippen LogP contribution in [-0.4, -0.2) is 40.4 Å². The van der Waals surface area contributed by atoms with Crippen molar-refractivity contribution in [2.45, 2.75) is 25.2 Å². The van der Waals surface area contributed by atoms with Crippen molar-refractivity contribution in [3.05, 3.63) is 53.6 Å². The molecule has 1 unspecified atom stereocenters. The zero-order chi connectivity index (χ0) is 21.2. The number of fused-ring (bicyclic) bond motifs is 1. The zero-order valence-corrected chi connectivity index (χ0v) is 17.4. The minimum atomic E-state index is -3.93. The SMILES string of the molecule is CCOC(=O)C1CCN(S(=O)(=O)c2ccc(C)cc2)c2ccc(OC)cc2C1=O. The number of ether oxygens (including phenoxy) is 2. The van der Waals surface area contributed by atoms with Crippen molar-refractivity contribution < 1.29 is 27.5 Å². The number of nitrogens with zero attached hydrogens (tertiary/aromatic N) is 1. The normalized spacial score (nSPS) is 16.7. The van der Waals surface area contributed by atoms with E-state index >= 15 is 0 Å². The lowest BCUT2D eigenvalue weighted by Crippen LogP contribution is -2.33. The molecule has 29 heavy (non-hydrogen) atoms. The first kappa shape index (κ1) is 20.9. The van der Waals surface area contributed by atoms with Crippen molar-refractivity contribution in [2.24, 2.45) is 5.92 Å². The minimum absolute atomic E-state index is 0.0231. The Morgan fingerprint density at radius 2 is 1.86 bits per heavy atom. The Labute approximate surface area is 170 Å². The Hall–Kier alpha value is -2.87. The highest BCUT2D eigenvalue weighted by Crippen LogP contribution is 2.35. The topological polar surface area (TPSA) is 90.0 Å². The summed E-state index contributed by atoms with van der Waals surface area (Å²) in [7, 11) is -2.48. The first-order valence-electron chi connectivity index (χ1n) is 9.28. The van der Waals surface area contributed by atoms with Gasteiger partial charge in [-0.3, -0.25) is 13.9 Å². The molecule has 3 rings (SSSR count). The average molecular weight is 417 g/mol. The molecule has 1 aliphatic heterocycles. The smallest absolute Gasteiger partial charge is 0.316 e. The van der Waals surface area contributed by atoms with E-state index in [1.165, 1.54) is 35.7 Å². The summed E-state index contributed by atoms with van der Waals surface area (Å²) in [5.41, 5.74) is 1.28. The van der Waals surface area contributed by atoms with Gasteiger partial charge in [0.1, 0.15) is 11.7 Å². The highest BCUT2D eigenvalue weighted by Gasteiger charge is 2.38. The molecule has 0 aromatic heterocycles. The van der Waals surface area contributed by atoms with E-state index in [1.807, 2.05) is 6.92 Å². The van der Waals surface area contributed by atoms with Crippen LogP contribution < -0.4 is 9.04 Å². The summed E-state index contributed by atoms with van der Waals surface area (Å²) < 4.78 is 38.1. The van der Waals surface area contributed by atoms with Gasteiger partial charge in [0.05, 0.1) is 24.3 Å². The number of Topliss-reactive ketones (excluding diaryl/α,β-unsaturated/α-hetero) is 1. The first-order valence-corrected chi connectivity index (χ1v) is 10.7. The van der Waals surface area contributed by atoms with E-state index < -0.39 is 27.7 Å². The van der Waals surface area contributed by atoms with Crippen molar-refractivity contribution in [3.63, 3.8) is 0 Å². The molecule has 1 heterocycles. The van der Waals surface area contributed by atoms with Crippen molar-refractivity contribution in [1.82, 2.24) is 0 Å². The van der Waals surface area contributed by atoms with E-state index in [-0.39, 0.29) is 35.7 Å². The Morgan fingerprint density at radius 1 is 1.17 bits per heavy atom. The molecule has 1 aliphatic rings. The zero-order valence-electron chi connectivity index (χ0n) is 16.5. The van der Waals surface area contributed by atoms with Crippen LogP contribution in [0.25, 0.3) is 0 Å². The average Bonchev–Trinajstić information content (AvgIpc) is 2.85. The standard InChI is InChI=1S/C21H23NO6S/c1-4-28-21(24)17-11-12-22(29(25,26)16-8-5-14(2)6-9-16)19-10-7-15(27-3)13-18(19)20(17)23/h5-10,13,17H,4,11-12H2,1-3H3. The molecule has 0 radical (unpaired) electrons. The van der Waals surface area contributed by atoms with E-state index in [4.69, 9.17) is 9.47 Å². The number of esters is 1. The molecule has 0 aliphatic carbocycles. The summed E-state index contributed by atoms with van der Waals surface area (Å²) in [4.78, 5) is 25.6. The Kier molecular flexibility index (Phi) is 5.93. The first-order chi connectivity index (χ1) is 13.8. The van der Waals surface area contributed by atoms with Crippen molar-refractivity contribution in [3.8, 4) is 5.75 Å². The quantitative estimate of drug-likeness (QED) is 0.549. The van der Waals surface area contributed by atoms with E-state index in [2.05, 4.69) is 0 Å². The third-order valence-electron chi connectivity index (χ3n) is 4.86. The van der Waals surface area contributed by atoms with Gasteiger partial charge in [-0.1, -0.05) is 17.7 Å². The molecule has 0 saturated heterocycles. The second-order valence-electron chi connectivity index (χ2n) is 6.73. The van der Waals surface area contributed by atoms with Crippen LogP contribution in [0.3, 0.4) is 0 Å². The van der Waals surface area contributed by atoms with Crippen LogP contribution in [0.2, 0.25) is 0 Å². The van der Waals surface area contributed by atoms with Gasteiger partial charge in [0.2, 0.25) is 0 Å². The summed E-state index contributed by atoms with van der Waals surface area (Å²) in [6, 6.07) is 11.1. The van der Waals surface area contributed by atoms with Gasteiger partial charge in [0, 0.05) is 12.1 Å². The number of methoxy groups -OCH3 is 1. The molecule has 0 fully saturated rings. The number of carbonyl (C=O) groups excluding carboxylic acids is 2. The lowest BCUT2D eigenvalue weighted by molar-refractivity contribution is -0.146. The van der Waals surface area contributed by atoms with Crippen molar-refractivity contribution >= 4 is 27.5 Å².